The van der Waals surface area contributed by atoms with Crippen molar-refractivity contribution in [2.24, 2.45) is 0 Å². The van der Waals surface area contributed by atoms with Crippen LogP contribution in [-0.2, 0) is 9.53 Å². The molecule has 0 spiro atoms. The van der Waals surface area contributed by atoms with Crippen molar-refractivity contribution in [2.75, 3.05) is 5.75 Å². The maximum atomic E-state index is 11.7. The molecule has 0 saturated heterocycles. The molecule has 0 fully saturated rings. The summed E-state index contributed by atoms with van der Waals surface area (Å²) in [6.45, 7) is 5.84. The molecule has 19 heavy (non-hydrogen) atoms. The summed E-state index contributed by atoms with van der Waals surface area (Å²) in [5.74, 6) is 0.402. The standard InChI is InChI=1S/C15H29BrO2S/c1-4-5-6-7-8-9-10-11-13(12-19)18-14(17)15(2,3)16/h13,19H,4-12H2,1-3H3. The molecule has 0 aromatic heterocycles. The van der Waals surface area contributed by atoms with E-state index in [1.54, 1.807) is 13.8 Å². The molecule has 0 rings (SSSR count). The first kappa shape index (κ1) is 19.3. The molecule has 0 heterocycles. The van der Waals surface area contributed by atoms with Gasteiger partial charge in [0.15, 0.2) is 0 Å². The number of carbonyl (C=O) groups excluding carboxylic acids is 1. The van der Waals surface area contributed by atoms with E-state index in [1.807, 2.05) is 0 Å². The Morgan fingerprint density at radius 2 is 1.68 bits per heavy atom. The van der Waals surface area contributed by atoms with Gasteiger partial charge in [-0.2, -0.15) is 12.6 Å². The highest BCUT2D eigenvalue weighted by atomic mass is 79.9. The molecule has 4 heteroatoms. The van der Waals surface area contributed by atoms with Crippen LogP contribution in [-0.4, -0.2) is 22.2 Å². The Balaban J connectivity index is 3.68. The van der Waals surface area contributed by atoms with E-state index in [4.69, 9.17) is 4.74 Å². The van der Waals surface area contributed by atoms with Crippen molar-refractivity contribution in [3.63, 3.8) is 0 Å². The first-order valence-electron chi connectivity index (χ1n) is 7.42. The number of hydrogen-bond acceptors (Lipinski definition) is 3. The van der Waals surface area contributed by atoms with Crippen LogP contribution >= 0.6 is 28.6 Å². The van der Waals surface area contributed by atoms with E-state index in [2.05, 4.69) is 35.5 Å². The maximum Gasteiger partial charge on any atom is 0.322 e. The Morgan fingerprint density at radius 1 is 1.16 bits per heavy atom. The van der Waals surface area contributed by atoms with Gasteiger partial charge in [0.2, 0.25) is 0 Å². The molecule has 2 nitrogen and oxygen atoms in total. The van der Waals surface area contributed by atoms with Crippen molar-refractivity contribution >= 4 is 34.5 Å². The van der Waals surface area contributed by atoms with Crippen molar-refractivity contribution in [1.82, 2.24) is 0 Å². The smallest absolute Gasteiger partial charge is 0.322 e. The van der Waals surface area contributed by atoms with Crippen LogP contribution in [0.15, 0.2) is 0 Å². The number of ether oxygens (including phenoxy) is 1. The number of carbonyl (C=O) groups is 1. The van der Waals surface area contributed by atoms with Gasteiger partial charge in [0.25, 0.3) is 0 Å². The number of hydrogen-bond donors (Lipinski definition) is 1. The molecule has 0 N–H and O–H groups in total. The van der Waals surface area contributed by atoms with Crippen molar-refractivity contribution in [3.05, 3.63) is 0 Å². The SMILES string of the molecule is CCCCCCCCCC(CS)OC(=O)C(C)(C)Br. The minimum Gasteiger partial charge on any atom is -0.460 e. The molecule has 0 aliphatic carbocycles. The van der Waals surface area contributed by atoms with Gasteiger partial charge in [-0.1, -0.05) is 61.4 Å². The minimum atomic E-state index is -0.603. The second-order valence-corrected chi connectivity index (χ2v) is 7.94. The van der Waals surface area contributed by atoms with E-state index in [9.17, 15) is 4.79 Å². The molecular weight excluding hydrogens is 324 g/mol. The van der Waals surface area contributed by atoms with Gasteiger partial charge < -0.3 is 4.74 Å². The highest BCUT2D eigenvalue weighted by Gasteiger charge is 2.27. The molecule has 0 aromatic carbocycles. The lowest BCUT2D eigenvalue weighted by atomic mass is 10.1. The fraction of sp³-hybridized carbons (Fsp3) is 0.933. The zero-order valence-corrected chi connectivity index (χ0v) is 15.1. The van der Waals surface area contributed by atoms with Gasteiger partial charge in [-0.15, -0.1) is 0 Å². The summed E-state index contributed by atoms with van der Waals surface area (Å²) in [4.78, 5) is 11.7. The van der Waals surface area contributed by atoms with Gasteiger partial charge in [-0.05, 0) is 26.7 Å². The quantitative estimate of drug-likeness (QED) is 0.241. The topological polar surface area (TPSA) is 26.3 Å². The second kappa shape index (κ2) is 11.0. The fourth-order valence-electron chi connectivity index (χ4n) is 1.81. The van der Waals surface area contributed by atoms with E-state index in [0.29, 0.717) is 5.75 Å². The number of esters is 1. The predicted octanol–water partition coefficient (Wildman–Crippen LogP) is 5.14. The summed E-state index contributed by atoms with van der Waals surface area (Å²) in [5.41, 5.74) is 0. The third kappa shape index (κ3) is 10.7. The summed E-state index contributed by atoms with van der Waals surface area (Å²) in [6, 6.07) is 0. The lowest BCUT2D eigenvalue weighted by molar-refractivity contribution is -0.150. The molecule has 0 aliphatic rings. The van der Waals surface area contributed by atoms with Crippen LogP contribution in [0.1, 0.15) is 72.1 Å². The Labute approximate surface area is 132 Å². The Hall–Kier alpha value is 0.300. The van der Waals surface area contributed by atoms with Crippen LogP contribution in [0.4, 0.5) is 0 Å². The van der Waals surface area contributed by atoms with Crippen molar-refractivity contribution in [1.29, 1.82) is 0 Å². The average molecular weight is 353 g/mol. The first-order valence-corrected chi connectivity index (χ1v) is 8.85. The van der Waals surface area contributed by atoms with Gasteiger partial charge in [0.05, 0.1) is 0 Å². The number of rotatable bonds is 11. The van der Waals surface area contributed by atoms with E-state index >= 15 is 0 Å². The molecule has 0 aliphatic heterocycles. The minimum absolute atomic E-state index is 0.0525. The fourth-order valence-corrected chi connectivity index (χ4v) is 2.16. The molecule has 0 bridgehead atoms. The largest absolute Gasteiger partial charge is 0.460 e. The third-order valence-corrected chi connectivity index (χ3v) is 3.82. The lowest BCUT2D eigenvalue weighted by Gasteiger charge is -2.21. The first-order chi connectivity index (χ1) is 8.91. The van der Waals surface area contributed by atoms with E-state index in [0.717, 1.165) is 12.8 Å². The van der Waals surface area contributed by atoms with Crippen molar-refractivity contribution in [2.45, 2.75) is 82.6 Å². The number of halogens is 1. The van der Waals surface area contributed by atoms with Gasteiger partial charge in [-0.3, -0.25) is 4.79 Å². The summed E-state index contributed by atoms with van der Waals surface area (Å²) in [7, 11) is 0. The van der Waals surface area contributed by atoms with Crippen LogP contribution in [0.5, 0.6) is 0 Å². The van der Waals surface area contributed by atoms with Crippen molar-refractivity contribution in [3.8, 4) is 0 Å². The summed E-state index contributed by atoms with van der Waals surface area (Å²) < 4.78 is 4.84. The van der Waals surface area contributed by atoms with Crippen LogP contribution in [0.3, 0.4) is 0 Å². The van der Waals surface area contributed by atoms with Crippen molar-refractivity contribution < 1.29 is 9.53 Å². The molecule has 1 atom stereocenters. The number of thiol groups is 1. The van der Waals surface area contributed by atoms with Gasteiger partial charge in [0, 0.05) is 5.75 Å². The predicted molar refractivity (Wildman–Crippen MR) is 89.3 cm³/mol. The number of alkyl halides is 1. The molecular formula is C15H29BrO2S. The highest BCUT2D eigenvalue weighted by molar-refractivity contribution is 9.10. The van der Waals surface area contributed by atoms with E-state index < -0.39 is 4.32 Å². The van der Waals surface area contributed by atoms with Crippen LogP contribution < -0.4 is 0 Å². The summed E-state index contributed by atoms with van der Waals surface area (Å²) in [5, 5.41) is 0. The Bertz CT molecular complexity index is 239. The normalized spacial score (nSPS) is 13.3. The summed E-state index contributed by atoms with van der Waals surface area (Å²) >= 11 is 7.58. The monoisotopic (exact) mass is 352 g/mol. The number of unbranched alkanes of at least 4 members (excludes halogenated alkanes) is 6. The van der Waals surface area contributed by atoms with Gasteiger partial charge in [0.1, 0.15) is 10.4 Å². The molecule has 0 amide bonds. The summed E-state index contributed by atoms with van der Waals surface area (Å²) in [6.07, 6.45) is 9.81. The Morgan fingerprint density at radius 3 is 2.16 bits per heavy atom. The van der Waals surface area contributed by atoms with E-state index in [1.165, 1.54) is 38.5 Å². The zero-order chi connectivity index (χ0) is 14.7. The molecule has 1 unspecified atom stereocenters. The lowest BCUT2D eigenvalue weighted by Crippen LogP contribution is -2.31. The van der Waals surface area contributed by atoms with Crippen LogP contribution in [0.25, 0.3) is 0 Å². The van der Waals surface area contributed by atoms with Crippen LogP contribution in [0.2, 0.25) is 0 Å². The molecule has 0 radical (unpaired) electrons. The second-order valence-electron chi connectivity index (χ2n) is 5.59. The van der Waals surface area contributed by atoms with Gasteiger partial charge in [-0.25, -0.2) is 0 Å². The zero-order valence-electron chi connectivity index (χ0n) is 12.6. The average Bonchev–Trinajstić information content (AvgIpc) is 2.34. The van der Waals surface area contributed by atoms with Gasteiger partial charge >= 0.3 is 5.97 Å². The molecule has 0 aromatic rings. The highest BCUT2D eigenvalue weighted by Crippen LogP contribution is 2.20. The maximum absolute atomic E-state index is 11.7. The molecule has 0 saturated carbocycles. The van der Waals surface area contributed by atoms with E-state index in [-0.39, 0.29) is 12.1 Å². The molecule has 114 valence electrons. The van der Waals surface area contributed by atoms with Crippen LogP contribution in [0, 0.1) is 0 Å². The Kier molecular flexibility index (Phi) is 11.2. The third-order valence-electron chi connectivity index (χ3n) is 3.09.